The van der Waals surface area contributed by atoms with E-state index in [0.29, 0.717) is 24.2 Å². The molecular formula is C12H22ClNO. The molecule has 88 valence electrons. The Labute approximate surface area is 98.0 Å². The summed E-state index contributed by atoms with van der Waals surface area (Å²) in [6.45, 7) is 2.78. The molecule has 1 aliphatic carbocycles. The molecule has 1 rings (SSSR count). The fourth-order valence-corrected chi connectivity index (χ4v) is 2.53. The van der Waals surface area contributed by atoms with Crippen LogP contribution in [0.15, 0.2) is 0 Å². The van der Waals surface area contributed by atoms with E-state index in [4.69, 9.17) is 11.6 Å². The molecular weight excluding hydrogens is 210 g/mol. The van der Waals surface area contributed by atoms with Crippen LogP contribution in [0.4, 0.5) is 0 Å². The molecule has 2 nitrogen and oxygen atoms in total. The van der Waals surface area contributed by atoms with Crippen LogP contribution in [-0.2, 0) is 4.79 Å². The van der Waals surface area contributed by atoms with Crippen molar-refractivity contribution in [3.63, 3.8) is 0 Å². The van der Waals surface area contributed by atoms with E-state index in [1.54, 1.807) is 0 Å². The Kier molecular flexibility index (Phi) is 6.07. The number of amides is 1. The van der Waals surface area contributed by atoms with Crippen molar-refractivity contribution in [2.45, 2.75) is 57.9 Å². The van der Waals surface area contributed by atoms with E-state index in [2.05, 4.69) is 6.92 Å². The molecule has 0 bridgehead atoms. The number of hydrogen-bond acceptors (Lipinski definition) is 1. The van der Waals surface area contributed by atoms with Gasteiger partial charge in [-0.3, -0.25) is 4.79 Å². The molecule has 1 fully saturated rings. The van der Waals surface area contributed by atoms with Crippen LogP contribution in [-0.4, -0.2) is 29.3 Å². The van der Waals surface area contributed by atoms with Crippen molar-refractivity contribution < 1.29 is 4.79 Å². The third kappa shape index (κ3) is 4.02. The largest absolute Gasteiger partial charge is 0.339 e. The van der Waals surface area contributed by atoms with Crippen molar-refractivity contribution in [2.24, 2.45) is 0 Å². The fraction of sp³-hybridized carbons (Fsp3) is 0.917. The van der Waals surface area contributed by atoms with Gasteiger partial charge in [-0.25, -0.2) is 0 Å². The Morgan fingerprint density at radius 3 is 2.53 bits per heavy atom. The Morgan fingerprint density at radius 1 is 1.33 bits per heavy atom. The molecule has 0 saturated heterocycles. The van der Waals surface area contributed by atoms with Crippen molar-refractivity contribution >= 4 is 17.5 Å². The summed E-state index contributed by atoms with van der Waals surface area (Å²) in [6.07, 6.45) is 7.81. The second-order valence-corrected chi connectivity index (χ2v) is 4.70. The van der Waals surface area contributed by atoms with Gasteiger partial charge >= 0.3 is 0 Å². The average molecular weight is 232 g/mol. The normalized spacial score (nSPS) is 17.7. The molecule has 0 N–H and O–H groups in total. The van der Waals surface area contributed by atoms with Gasteiger partial charge in [0.2, 0.25) is 5.91 Å². The SMILES string of the molecule is CCCC(=O)N(CCCl)C1CCCCC1. The molecule has 0 atom stereocenters. The van der Waals surface area contributed by atoms with Gasteiger partial charge in [0.1, 0.15) is 0 Å². The van der Waals surface area contributed by atoms with Gasteiger partial charge in [0.15, 0.2) is 0 Å². The lowest BCUT2D eigenvalue weighted by Crippen LogP contribution is -2.42. The van der Waals surface area contributed by atoms with Crippen LogP contribution in [0.2, 0.25) is 0 Å². The van der Waals surface area contributed by atoms with Gasteiger partial charge in [-0.15, -0.1) is 11.6 Å². The van der Waals surface area contributed by atoms with Crippen LogP contribution in [0.5, 0.6) is 0 Å². The molecule has 0 radical (unpaired) electrons. The van der Waals surface area contributed by atoms with Crippen LogP contribution in [0.1, 0.15) is 51.9 Å². The summed E-state index contributed by atoms with van der Waals surface area (Å²) in [5.41, 5.74) is 0. The maximum atomic E-state index is 11.9. The van der Waals surface area contributed by atoms with Gasteiger partial charge in [0.25, 0.3) is 0 Å². The van der Waals surface area contributed by atoms with Gasteiger partial charge in [0, 0.05) is 24.9 Å². The summed E-state index contributed by atoms with van der Waals surface area (Å²) in [5.74, 6) is 0.858. The van der Waals surface area contributed by atoms with E-state index in [1.165, 1.54) is 32.1 Å². The second-order valence-electron chi connectivity index (χ2n) is 4.32. The molecule has 0 spiro atoms. The summed E-state index contributed by atoms with van der Waals surface area (Å²) in [7, 11) is 0. The Bertz CT molecular complexity index is 190. The van der Waals surface area contributed by atoms with Crippen LogP contribution in [0, 0.1) is 0 Å². The lowest BCUT2D eigenvalue weighted by atomic mass is 9.94. The molecule has 1 amide bonds. The number of halogens is 1. The predicted molar refractivity (Wildman–Crippen MR) is 64.2 cm³/mol. The van der Waals surface area contributed by atoms with Gasteiger partial charge in [-0.05, 0) is 19.3 Å². The van der Waals surface area contributed by atoms with Gasteiger partial charge < -0.3 is 4.90 Å². The Hall–Kier alpha value is -0.240. The minimum absolute atomic E-state index is 0.296. The van der Waals surface area contributed by atoms with Crippen LogP contribution in [0.25, 0.3) is 0 Å². The quantitative estimate of drug-likeness (QED) is 0.666. The maximum Gasteiger partial charge on any atom is 0.222 e. The molecule has 0 aromatic carbocycles. The molecule has 3 heteroatoms. The molecule has 0 aliphatic heterocycles. The Balaban J connectivity index is 2.50. The number of alkyl halides is 1. The van der Waals surface area contributed by atoms with Crippen molar-refractivity contribution in [2.75, 3.05) is 12.4 Å². The highest BCUT2D eigenvalue weighted by Crippen LogP contribution is 2.23. The van der Waals surface area contributed by atoms with Crippen molar-refractivity contribution in [3.8, 4) is 0 Å². The third-order valence-electron chi connectivity index (χ3n) is 3.13. The highest BCUT2D eigenvalue weighted by Gasteiger charge is 2.23. The van der Waals surface area contributed by atoms with E-state index in [1.807, 2.05) is 4.90 Å². The van der Waals surface area contributed by atoms with E-state index in [-0.39, 0.29) is 0 Å². The number of rotatable bonds is 5. The smallest absolute Gasteiger partial charge is 0.222 e. The summed E-state index contributed by atoms with van der Waals surface area (Å²) in [4.78, 5) is 13.9. The molecule has 1 aliphatic rings. The molecule has 0 aromatic rings. The third-order valence-corrected chi connectivity index (χ3v) is 3.29. The first-order valence-electron chi connectivity index (χ1n) is 6.15. The molecule has 0 heterocycles. The van der Waals surface area contributed by atoms with E-state index in [0.717, 1.165) is 13.0 Å². The lowest BCUT2D eigenvalue weighted by molar-refractivity contribution is -0.133. The van der Waals surface area contributed by atoms with Crippen LogP contribution < -0.4 is 0 Å². The van der Waals surface area contributed by atoms with Crippen molar-refractivity contribution in [1.29, 1.82) is 0 Å². The summed E-state index contributed by atoms with van der Waals surface area (Å²) in [5, 5.41) is 0. The molecule has 15 heavy (non-hydrogen) atoms. The molecule has 1 saturated carbocycles. The van der Waals surface area contributed by atoms with Gasteiger partial charge in [0.05, 0.1) is 0 Å². The average Bonchev–Trinajstić information content (AvgIpc) is 2.27. The highest BCUT2D eigenvalue weighted by molar-refractivity contribution is 6.18. The van der Waals surface area contributed by atoms with Crippen LogP contribution in [0.3, 0.4) is 0 Å². The summed E-state index contributed by atoms with van der Waals surface area (Å²) >= 11 is 5.77. The second kappa shape index (κ2) is 7.10. The minimum Gasteiger partial charge on any atom is -0.339 e. The van der Waals surface area contributed by atoms with E-state index >= 15 is 0 Å². The lowest BCUT2D eigenvalue weighted by Gasteiger charge is -2.34. The summed E-state index contributed by atoms with van der Waals surface area (Å²) in [6, 6.07) is 0.469. The van der Waals surface area contributed by atoms with Gasteiger partial charge in [-0.1, -0.05) is 26.2 Å². The first-order chi connectivity index (χ1) is 7.29. The van der Waals surface area contributed by atoms with Gasteiger partial charge in [-0.2, -0.15) is 0 Å². The molecule has 0 aromatic heterocycles. The molecule has 0 unspecified atom stereocenters. The zero-order valence-corrected chi connectivity index (χ0v) is 10.4. The van der Waals surface area contributed by atoms with E-state index in [9.17, 15) is 4.79 Å². The number of carbonyl (C=O) groups excluding carboxylic acids is 1. The first kappa shape index (κ1) is 12.8. The Morgan fingerprint density at radius 2 is 2.00 bits per heavy atom. The maximum absolute atomic E-state index is 11.9. The van der Waals surface area contributed by atoms with E-state index < -0.39 is 0 Å². The number of nitrogens with zero attached hydrogens (tertiary/aromatic N) is 1. The predicted octanol–water partition coefficient (Wildman–Crippen LogP) is 3.19. The monoisotopic (exact) mass is 231 g/mol. The fourth-order valence-electron chi connectivity index (χ4n) is 2.35. The van der Waals surface area contributed by atoms with Crippen molar-refractivity contribution in [3.05, 3.63) is 0 Å². The number of carbonyl (C=O) groups is 1. The minimum atomic E-state index is 0.296. The zero-order chi connectivity index (χ0) is 11.1. The first-order valence-corrected chi connectivity index (χ1v) is 6.68. The topological polar surface area (TPSA) is 20.3 Å². The van der Waals surface area contributed by atoms with Crippen molar-refractivity contribution in [1.82, 2.24) is 4.90 Å². The van der Waals surface area contributed by atoms with Crippen LogP contribution >= 0.6 is 11.6 Å². The highest BCUT2D eigenvalue weighted by atomic mass is 35.5. The number of hydrogen-bond donors (Lipinski definition) is 0. The zero-order valence-electron chi connectivity index (χ0n) is 9.67. The summed E-state index contributed by atoms with van der Waals surface area (Å²) < 4.78 is 0. The standard InChI is InChI=1S/C12H22ClNO/c1-2-6-12(15)14(10-9-13)11-7-4-3-5-8-11/h11H,2-10H2,1H3.